The molecule has 110 valence electrons. The zero-order valence-corrected chi connectivity index (χ0v) is 12.9. The van der Waals surface area contributed by atoms with Gasteiger partial charge in [0.2, 0.25) is 0 Å². The molecule has 1 N–H and O–H groups in total. The Hall–Kier alpha value is -1.58. The van der Waals surface area contributed by atoms with Crippen LogP contribution in [0.5, 0.6) is 0 Å². The molecule has 0 unspecified atom stereocenters. The predicted octanol–water partition coefficient (Wildman–Crippen LogP) is 3.11. The summed E-state index contributed by atoms with van der Waals surface area (Å²) in [4.78, 5) is 18.8. The zero-order chi connectivity index (χ0) is 14.7. The second-order valence-electron chi connectivity index (χ2n) is 6.05. The van der Waals surface area contributed by atoms with E-state index in [1.165, 1.54) is 0 Å². The molecule has 0 aromatic carbocycles. The van der Waals surface area contributed by atoms with E-state index in [0.717, 1.165) is 24.1 Å². The molecule has 1 aliphatic rings. The monoisotopic (exact) mass is 275 g/mol. The highest BCUT2D eigenvalue weighted by atomic mass is 16.2. The summed E-state index contributed by atoms with van der Waals surface area (Å²) >= 11 is 0. The van der Waals surface area contributed by atoms with E-state index in [9.17, 15) is 4.79 Å². The van der Waals surface area contributed by atoms with Crippen LogP contribution < -0.4 is 5.32 Å². The van der Waals surface area contributed by atoms with Gasteiger partial charge in [-0.15, -0.1) is 0 Å². The highest BCUT2D eigenvalue weighted by molar-refractivity contribution is 5.75. The molecule has 1 fully saturated rings. The Morgan fingerprint density at radius 2 is 2.15 bits per heavy atom. The molecule has 4 nitrogen and oxygen atoms in total. The van der Waals surface area contributed by atoms with Crippen molar-refractivity contribution < 1.29 is 4.79 Å². The number of hydrogen-bond donors (Lipinski definition) is 1. The molecule has 1 heterocycles. The normalized spacial score (nSPS) is 16.1. The fourth-order valence-corrected chi connectivity index (χ4v) is 2.31. The van der Waals surface area contributed by atoms with E-state index in [1.807, 2.05) is 24.0 Å². The minimum atomic E-state index is 0.0405. The molecule has 0 bridgehead atoms. The lowest BCUT2D eigenvalue weighted by atomic mass is 10.0. The molecular formula is C16H25N3O. The third-order valence-corrected chi connectivity index (χ3v) is 4.10. The molecule has 1 aromatic rings. The van der Waals surface area contributed by atoms with Crippen LogP contribution in [0.2, 0.25) is 0 Å². The summed E-state index contributed by atoms with van der Waals surface area (Å²) in [5.74, 6) is 0.470. The number of pyridine rings is 1. The maximum absolute atomic E-state index is 12.4. The van der Waals surface area contributed by atoms with Crippen molar-refractivity contribution in [1.82, 2.24) is 15.2 Å². The van der Waals surface area contributed by atoms with Crippen LogP contribution in [0.4, 0.5) is 4.79 Å². The lowest BCUT2D eigenvalue weighted by Crippen LogP contribution is -2.48. The Labute approximate surface area is 121 Å². The maximum atomic E-state index is 12.4. The van der Waals surface area contributed by atoms with Gasteiger partial charge in [-0.3, -0.25) is 4.98 Å². The summed E-state index contributed by atoms with van der Waals surface area (Å²) in [6.07, 6.45) is 4.03. The van der Waals surface area contributed by atoms with E-state index < -0.39 is 0 Å². The smallest absolute Gasteiger partial charge is 0.318 e. The van der Waals surface area contributed by atoms with Crippen LogP contribution in [0.3, 0.4) is 0 Å². The van der Waals surface area contributed by atoms with Gasteiger partial charge in [-0.05, 0) is 44.2 Å². The van der Waals surface area contributed by atoms with Crippen LogP contribution in [-0.2, 0) is 6.54 Å². The van der Waals surface area contributed by atoms with Crippen molar-refractivity contribution in [3.05, 3.63) is 29.6 Å². The minimum absolute atomic E-state index is 0.0405. The van der Waals surface area contributed by atoms with Gasteiger partial charge in [0, 0.05) is 18.3 Å². The summed E-state index contributed by atoms with van der Waals surface area (Å²) in [5.41, 5.74) is 2.05. The molecule has 1 aromatic heterocycles. The first-order valence-electron chi connectivity index (χ1n) is 7.47. The first-order valence-corrected chi connectivity index (χ1v) is 7.47. The highest BCUT2D eigenvalue weighted by Crippen LogP contribution is 2.30. The van der Waals surface area contributed by atoms with Crippen LogP contribution in [0.15, 0.2) is 18.3 Å². The van der Waals surface area contributed by atoms with E-state index in [0.29, 0.717) is 18.5 Å². The Kier molecular flexibility index (Phi) is 4.63. The summed E-state index contributed by atoms with van der Waals surface area (Å²) in [6.45, 7) is 8.98. The van der Waals surface area contributed by atoms with Crippen molar-refractivity contribution >= 4 is 6.03 Å². The van der Waals surface area contributed by atoms with E-state index >= 15 is 0 Å². The molecule has 0 radical (unpaired) electrons. The summed E-state index contributed by atoms with van der Waals surface area (Å²) in [5, 5.41) is 3.02. The van der Waals surface area contributed by atoms with Crippen molar-refractivity contribution in [3.63, 3.8) is 0 Å². The number of aryl methyl sites for hydroxylation is 1. The number of carbonyl (C=O) groups is 1. The molecular weight excluding hydrogens is 250 g/mol. The zero-order valence-electron chi connectivity index (χ0n) is 12.9. The van der Waals surface area contributed by atoms with Gasteiger partial charge in [-0.25, -0.2) is 4.79 Å². The number of nitrogens with one attached hydrogen (secondary N) is 1. The van der Waals surface area contributed by atoms with E-state index in [1.54, 1.807) is 6.20 Å². The Balaban J connectivity index is 1.97. The minimum Gasteiger partial charge on any atom is -0.332 e. The van der Waals surface area contributed by atoms with Crippen LogP contribution >= 0.6 is 0 Å². The van der Waals surface area contributed by atoms with Gasteiger partial charge < -0.3 is 10.2 Å². The molecule has 0 saturated heterocycles. The number of aromatic nitrogens is 1. The number of amides is 2. The highest BCUT2D eigenvalue weighted by Gasteiger charge is 2.36. The molecule has 1 aliphatic carbocycles. The quantitative estimate of drug-likeness (QED) is 0.897. The second-order valence-corrected chi connectivity index (χ2v) is 6.05. The number of hydrogen-bond acceptors (Lipinski definition) is 2. The maximum Gasteiger partial charge on any atom is 0.318 e. The van der Waals surface area contributed by atoms with Gasteiger partial charge in [0.05, 0.1) is 12.2 Å². The van der Waals surface area contributed by atoms with Gasteiger partial charge in [0.15, 0.2) is 0 Å². The van der Waals surface area contributed by atoms with Crippen LogP contribution in [-0.4, -0.2) is 28.0 Å². The molecule has 0 spiro atoms. The van der Waals surface area contributed by atoms with Gasteiger partial charge in [0.1, 0.15) is 0 Å². The van der Waals surface area contributed by atoms with Crippen LogP contribution in [0.1, 0.15) is 44.9 Å². The molecule has 2 rings (SSSR count). The average molecular weight is 275 g/mol. The number of urea groups is 1. The first-order chi connectivity index (χ1) is 9.50. The first kappa shape index (κ1) is 14.8. The molecule has 1 atom stereocenters. The standard InChI is InChI=1S/C16H25N3O/c1-11(2)13(4)19(14-7-8-14)16(20)18-10-15-12(3)6-5-9-17-15/h5-6,9,11,13-14H,7-8,10H2,1-4H3,(H,18,20)/t13-/m0/s1. The number of rotatable bonds is 5. The summed E-state index contributed by atoms with van der Waals surface area (Å²) < 4.78 is 0. The van der Waals surface area contributed by atoms with Gasteiger partial charge in [-0.2, -0.15) is 0 Å². The van der Waals surface area contributed by atoms with E-state index in [-0.39, 0.29) is 12.1 Å². The van der Waals surface area contributed by atoms with Crippen molar-refractivity contribution in [2.75, 3.05) is 0 Å². The SMILES string of the molecule is Cc1cccnc1CNC(=O)N(C1CC1)[C@@H](C)C(C)C. The Morgan fingerprint density at radius 1 is 1.45 bits per heavy atom. The fraction of sp³-hybridized carbons (Fsp3) is 0.625. The lowest BCUT2D eigenvalue weighted by Gasteiger charge is -2.32. The third-order valence-electron chi connectivity index (χ3n) is 4.10. The fourth-order valence-electron chi connectivity index (χ4n) is 2.31. The molecule has 1 saturated carbocycles. The number of carbonyl (C=O) groups excluding carboxylic acids is 1. The molecule has 2 amide bonds. The molecule has 0 aliphatic heterocycles. The van der Waals surface area contributed by atoms with Crippen LogP contribution in [0.25, 0.3) is 0 Å². The lowest BCUT2D eigenvalue weighted by molar-refractivity contribution is 0.156. The van der Waals surface area contributed by atoms with Crippen molar-refractivity contribution in [2.24, 2.45) is 5.92 Å². The van der Waals surface area contributed by atoms with E-state index in [4.69, 9.17) is 0 Å². The summed E-state index contributed by atoms with van der Waals surface area (Å²) in [7, 11) is 0. The average Bonchev–Trinajstić information content (AvgIpc) is 3.22. The number of nitrogens with zero attached hydrogens (tertiary/aromatic N) is 2. The van der Waals surface area contributed by atoms with Gasteiger partial charge in [0.25, 0.3) is 0 Å². The van der Waals surface area contributed by atoms with Crippen LogP contribution in [0, 0.1) is 12.8 Å². The Morgan fingerprint density at radius 3 is 2.70 bits per heavy atom. The van der Waals surface area contributed by atoms with Crippen molar-refractivity contribution in [2.45, 2.75) is 59.2 Å². The third kappa shape index (κ3) is 3.50. The molecule has 20 heavy (non-hydrogen) atoms. The van der Waals surface area contributed by atoms with Gasteiger partial charge >= 0.3 is 6.03 Å². The second kappa shape index (κ2) is 6.25. The van der Waals surface area contributed by atoms with Crippen molar-refractivity contribution in [1.29, 1.82) is 0 Å². The van der Waals surface area contributed by atoms with Crippen molar-refractivity contribution in [3.8, 4) is 0 Å². The van der Waals surface area contributed by atoms with E-state index in [2.05, 4.69) is 31.1 Å². The Bertz CT molecular complexity index is 469. The largest absolute Gasteiger partial charge is 0.332 e. The molecule has 4 heteroatoms. The summed E-state index contributed by atoms with van der Waals surface area (Å²) in [6, 6.07) is 4.67. The van der Waals surface area contributed by atoms with Gasteiger partial charge in [-0.1, -0.05) is 19.9 Å². The topological polar surface area (TPSA) is 45.2 Å². The predicted molar refractivity (Wildman–Crippen MR) is 80.4 cm³/mol.